The minimum absolute atomic E-state index is 0.164. The lowest BCUT2D eigenvalue weighted by molar-refractivity contribution is 0.539. The van der Waals surface area contributed by atoms with Crippen LogP contribution in [-0.4, -0.2) is 42.5 Å². The molecule has 33 heavy (non-hydrogen) atoms. The van der Waals surface area contributed by atoms with E-state index in [1.165, 1.54) is 16.1 Å². The molecule has 0 saturated carbocycles. The summed E-state index contributed by atoms with van der Waals surface area (Å²) in [5, 5.41) is 9.32. The molecular formula is C24H26N8O. The fourth-order valence-electron chi connectivity index (χ4n) is 4.97. The lowest BCUT2D eigenvalue weighted by Gasteiger charge is -2.33. The van der Waals surface area contributed by atoms with Gasteiger partial charge in [-0.1, -0.05) is 0 Å². The van der Waals surface area contributed by atoms with Crippen LogP contribution in [0.4, 0.5) is 17.3 Å². The van der Waals surface area contributed by atoms with Gasteiger partial charge in [-0.25, -0.2) is 9.67 Å². The van der Waals surface area contributed by atoms with Crippen LogP contribution in [0.2, 0.25) is 0 Å². The minimum Gasteiger partial charge on any atom is -0.350 e. The van der Waals surface area contributed by atoms with Gasteiger partial charge in [0.2, 0.25) is 0 Å². The highest BCUT2D eigenvalue weighted by Crippen LogP contribution is 2.33. The fourth-order valence-corrected chi connectivity index (χ4v) is 4.97. The van der Waals surface area contributed by atoms with Crippen LogP contribution in [0.3, 0.4) is 0 Å². The smallest absolute Gasteiger partial charge is 0.274 e. The number of hydrogen-bond donors (Lipinski definition) is 0. The Bertz CT molecular complexity index is 1450. The second-order valence-corrected chi connectivity index (χ2v) is 8.94. The van der Waals surface area contributed by atoms with E-state index in [1.807, 2.05) is 20.0 Å². The molecule has 6 rings (SSSR count). The van der Waals surface area contributed by atoms with Crippen LogP contribution in [0, 0.1) is 20.8 Å². The molecule has 0 N–H and O–H groups in total. The normalized spacial score (nSPS) is 15.6. The molecular weight excluding hydrogens is 416 g/mol. The van der Waals surface area contributed by atoms with Gasteiger partial charge in [-0.15, -0.1) is 5.10 Å². The molecule has 0 saturated heterocycles. The second-order valence-electron chi connectivity index (χ2n) is 8.94. The number of pyridine rings is 1. The Morgan fingerprint density at radius 1 is 0.970 bits per heavy atom. The SMILES string of the molecule is Cc1cc2n(n1)CCCN2c1cnc2c(c1)CN(c1nn3c(=O)ccnc3c(C)c1C)CC2. The molecule has 0 atom stereocenters. The molecule has 9 nitrogen and oxygen atoms in total. The first-order valence-electron chi connectivity index (χ1n) is 11.4. The summed E-state index contributed by atoms with van der Waals surface area (Å²) in [7, 11) is 0. The molecule has 4 aromatic heterocycles. The molecule has 9 heteroatoms. The number of hydrogen-bond acceptors (Lipinski definition) is 7. The first-order valence-corrected chi connectivity index (χ1v) is 11.4. The second kappa shape index (κ2) is 7.40. The highest BCUT2D eigenvalue weighted by atomic mass is 16.1. The molecule has 168 valence electrons. The van der Waals surface area contributed by atoms with Crippen molar-refractivity contribution in [3.8, 4) is 0 Å². The van der Waals surface area contributed by atoms with Crippen molar-refractivity contribution in [1.29, 1.82) is 0 Å². The summed E-state index contributed by atoms with van der Waals surface area (Å²) in [6.45, 7) is 9.51. The molecule has 0 unspecified atom stereocenters. The van der Waals surface area contributed by atoms with E-state index in [1.54, 1.807) is 6.20 Å². The highest BCUT2D eigenvalue weighted by molar-refractivity contribution is 5.63. The van der Waals surface area contributed by atoms with Crippen LogP contribution in [0.25, 0.3) is 5.65 Å². The van der Waals surface area contributed by atoms with Gasteiger partial charge in [0.25, 0.3) is 5.56 Å². The first kappa shape index (κ1) is 19.9. The Hall–Kier alpha value is -3.75. The van der Waals surface area contributed by atoms with Gasteiger partial charge in [0, 0.05) is 67.8 Å². The molecule has 2 aliphatic heterocycles. The Balaban J connectivity index is 1.38. The van der Waals surface area contributed by atoms with Gasteiger partial charge in [0.15, 0.2) is 11.5 Å². The van der Waals surface area contributed by atoms with Crippen molar-refractivity contribution in [2.45, 2.75) is 46.7 Å². The predicted molar refractivity (Wildman–Crippen MR) is 126 cm³/mol. The monoisotopic (exact) mass is 442 g/mol. The molecule has 6 heterocycles. The van der Waals surface area contributed by atoms with Crippen molar-refractivity contribution in [2.75, 3.05) is 22.9 Å². The van der Waals surface area contributed by atoms with Gasteiger partial charge in [0.1, 0.15) is 5.82 Å². The third-order valence-corrected chi connectivity index (χ3v) is 6.80. The standard InChI is InChI=1S/C24H26N8O/c1-15-11-21-30(8-4-9-31(21)27-15)19-12-18-14-29(10-6-20(18)26-13-19)24-17(3)16(2)23-25-7-5-22(33)32(23)28-24/h5,7,11-13H,4,6,8-10,14H2,1-3H3. The van der Waals surface area contributed by atoms with Crippen molar-refractivity contribution < 1.29 is 0 Å². The lowest BCUT2D eigenvalue weighted by Crippen LogP contribution is -2.34. The van der Waals surface area contributed by atoms with E-state index < -0.39 is 0 Å². The first-order chi connectivity index (χ1) is 16.0. The van der Waals surface area contributed by atoms with Crippen LogP contribution < -0.4 is 15.4 Å². The van der Waals surface area contributed by atoms with Crippen molar-refractivity contribution >= 4 is 23.0 Å². The van der Waals surface area contributed by atoms with E-state index in [2.05, 4.69) is 43.6 Å². The van der Waals surface area contributed by atoms with Gasteiger partial charge < -0.3 is 9.80 Å². The summed E-state index contributed by atoms with van der Waals surface area (Å²) in [6, 6.07) is 5.84. The molecule has 2 aliphatic rings. The van der Waals surface area contributed by atoms with Crippen LogP contribution in [-0.2, 0) is 19.5 Å². The molecule has 0 radical (unpaired) electrons. The van der Waals surface area contributed by atoms with Gasteiger partial charge in [-0.2, -0.15) is 9.61 Å². The molecule has 0 spiro atoms. The maximum atomic E-state index is 12.4. The summed E-state index contributed by atoms with van der Waals surface area (Å²) in [5.41, 5.74) is 6.94. The van der Waals surface area contributed by atoms with E-state index in [0.717, 1.165) is 72.3 Å². The van der Waals surface area contributed by atoms with Crippen molar-refractivity contribution in [3.05, 3.63) is 69.0 Å². The molecule has 0 bridgehead atoms. The van der Waals surface area contributed by atoms with Crippen LogP contribution >= 0.6 is 0 Å². The average molecular weight is 443 g/mol. The number of fused-ring (bicyclic) bond motifs is 3. The van der Waals surface area contributed by atoms with E-state index in [9.17, 15) is 4.79 Å². The minimum atomic E-state index is -0.164. The van der Waals surface area contributed by atoms with Crippen LogP contribution in [0.1, 0.15) is 34.5 Å². The summed E-state index contributed by atoms with van der Waals surface area (Å²) >= 11 is 0. The lowest BCUT2D eigenvalue weighted by atomic mass is 10.0. The third kappa shape index (κ3) is 3.18. The Labute approximate surface area is 191 Å². The summed E-state index contributed by atoms with van der Waals surface area (Å²) in [6.07, 6.45) is 5.43. The van der Waals surface area contributed by atoms with E-state index in [4.69, 9.17) is 10.1 Å². The fraction of sp³-hybridized carbons (Fsp3) is 0.375. The van der Waals surface area contributed by atoms with Gasteiger partial charge >= 0.3 is 0 Å². The molecule has 0 aromatic carbocycles. The van der Waals surface area contributed by atoms with Crippen molar-refractivity contribution in [3.63, 3.8) is 0 Å². The molecule has 0 aliphatic carbocycles. The zero-order valence-corrected chi connectivity index (χ0v) is 19.1. The Morgan fingerprint density at radius 2 is 1.85 bits per heavy atom. The van der Waals surface area contributed by atoms with Gasteiger partial charge in [-0.3, -0.25) is 9.78 Å². The Kier molecular flexibility index (Phi) is 4.46. The summed E-state index contributed by atoms with van der Waals surface area (Å²) < 4.78 is 3.50. The third-order valence-electron chi connectivity index (χ3n) is 6.80. The Morgan fingerprint density at radius 3 is 2.73 bits per heavy atom. The largest absolute Gasteiger partial charge is 0.350 e. The summed E-state index contributed by atoms with van der Waals surface area (Å²) in [5.74, 6) is 1.96. The van der Waals surface area contributed by atoms with Gasteiger partial charge in [0.05, 0.1) is 17.6 Å². The maximum Gasteiger partial charge on any atom is 0.274 e. The van der Waals surface area contributed by atoms with Crippen molar-refractivity contribution in [2.24, 2.45) is 0 Å². The molecule has 0 amide bonds. The highest BCUT2D eigenvalue weighted by Gasteiger charge is 2.25. The summed E-state index contributed by atoms with van der Waals surface area (Å²) in [4.78, 5) is 26.2. The predicted octanol–water partition coefficient (Wildman–Crippen LogP) is 2.71. The average Bonchev–Trinajstić information content (AvgIpc) is 3.21. The number of aryl methyl sites for hydroxylation is 3. The van der Waals surface area contributed by atoms with E-state index in [0.29, 0.717) is 12.2 Å². The van der Waals surface area contributed by atoms with Crippen molar-refractivity contribution in [1.82, 2.24) is 29.4 Å². The topological polar surface area (TPSA) is 84.5 Å². The van der Waals surface area contributed by atoms with Crippen LogP contribution in [0.15, 0.2) is 35.4 Å². The van der Waals surface area contributed by atoms with Gasteiger partial charge in [-0.05, 0) is 38.8 Å². The maximum absolute atomic E-state index is 12.4. The number of nitrogens with zero attached hydrogens (tertiary/aromatic N) is 8. The van der Waals surface area contributed by atoms with E-state index in [-0.39, 0.29) is 5.56 Å². The number of aromatic nitrogens is 6. The number of anilines is 3. The van der Waals surface area contributed by atoms with E-state index >= 15 is 0 Å². The zero-order chi connectivity index (χ0) is 22.7. The zero-order valence-electron chi connectivity index (χ0n) is 19.1. The number of rotatable bonds is 2. The molecule has 4 aromatic rings. The van der Waals surface area contributed by atoms with Crippen LogP contribution in [0.5, 0.6) is 0 Å². The quantitative estimate of drug-likeness (QED) is 0.472. The molecule has 0 fully saturated rings.